The molecule has 0 saturated heterocycles. The van der Waals surface area contributed by atoms with Crippen LogP contribution in [0.4, 0.5) is 35.1 Å². The van der Waals surface area contributed by atoms with E-state index >= 15 is 4.39 Å². The fourth-order valence-corrected chi connectivity index (χ4v) is 5.10. The summed E-state index contributed by atoms with van der Waals surface area (Å²) in [4.78, 5) is 0. The van der Waals surface area contributed by atoms with E-state index in [0.29, 0.717) is 48.8 Å². The van der Waals surface area contributed by atoms with Gasteiger partial charge in [-0.05, 0) is 84.4 Å². The number of allylic oxidation sites excluding steroid dienone is 1. The molecule has 1 fully saturated rings. The van der Waals surface area contributed by atoms with Crippen molar-refractivity contribution in [2.45, 2.75) is 63.6 Å². The summed E-state index contributed by atoms with van der Waals surface area (Å²) in [6.07, 6.45) is -2.73. The Hall–Kier alpha value is -3.36. The van der Waals surface area contributed by atoms with Gasteiger partial charge >= 0.3 is 6.36 Å². The van der Waals surface area contributed by atoms with Gasteiger partial charge in [0, 0.05) is 12.0 Å². The Labute approximate surface area is 221 Å². The minimum absolute atomic E-state index is 0.0130. The molecule has 4 rings (SSSR count). The van der Waals surface area contributed by atoms with Crippen molar-refractivity contribution < 1.29 is 39.9 Å². The summed E-state index contributed by atoms with van der Waals surface area (Å²) in [7, 11) is 0. The van der Waals surface area contributed by atoms with Gasteiger partial charge in [0.05, 0.1) is 0 Å². The first-order valence-electron chi connectivity index (χ1n) is 12.7. The number of halogens is 8. The highest BCUT2D eigenvalue weighted by atomic mass is 19.4. The monoisotopic (exact) mass is 554 g/mol. The van der Waals surface area contributed by atoms with Crippen molar-refractivity contribution in [3.8, 4) is 16.9 Å². The third kappa shape index (κ3) is 6.81. The average Bonchev–Trinajstić information content (AvgIpc) is 2.90. The fourth-order valence-electron chi connectivity index (χ4n) is 5.10. The fraction of sp³-hybridized carbons (Fsp3) is 0.333. The molecule has 1 aliphatic rings. The van der Waals surface area contributed by atoms with Crippen LogP contribution in [-0.4, -0.2) is 6.36 Å². The smallest absolute Gasteiger partial charge is 0.399 e. The molecular formula is C30H26F8O. The molecule has 0 atom stereocenters. The Bertz CT molecular complexity index is 1310. The highest BCUT2D eigenvalue weighted by Crippen LogP contribution is 2.43. The van der Waals surface area contributed by atoms with Gasteiger partial charge in [-0.25, -0.2) is 22.0 Å². The molecule has 0 N–H and O–H groups in total. The van der Waals surface area contributed by atoms with Gasteiger partial charge in [0.25, 0.3) is 0 Å². The molecule has 1 aliphatic carbocycles. The maximum atomic E-state index is 15.1. The van der Waals surface area contributed by atoms with Crippen LogP contribution in [0.15, 0.2) is 60.4 Å². The molecule has 0 unspecified atom stereocenters. The van der Waals surface area contributed by atoms with E-state index in [4.69, 9.17) is 0 Å². The summed E-state index contributed by atoms with van der Waals surface area (Å²) in [5.41, 5.74) is 2.05. The summed E-state index contributed by atoms with van der Waals surface area (Å²) in [6.45, 7) is 1.75. The maximum Gasteiger partial charge on any atom is 0.573 e. The first kappa shape index (κ1) is 28.6. The number of rotatable bonds is 7. The summed E-state index contributed by atoms with van der Waals surface area (Å²) in [5, 5.41) is 0. The molecule has 1 saturated carbocycles. The molecule has 208 valence electrons. The van der Waals surface area contributed by atoms with E-state index in [2.05, 4.69) is 4.74 Å². The van der Waals surface area contributed by atoms with Crippen LogP contribution in [0.1, 0.15) is 74.0 Å². The predicted molar refractivity (Wildman–Crippen MR) is 133 cm³/mol. The van der Waals surface area contributed by atoms with Crippen LogP contribution >= 0.6 is 0 Å². The summed E-state index contributed by atoms with van der Waals surface area (Å²) >= 11 is 0. The average molecular weight is 555 g/mol. The second-order valence-corrected chi connectivity index (χ2v) is 9.69. The van der Waals surface area contributed by atoms with E-state index in [1.807, 2.05) is 0 Å². The molecule has 3 aromatic rings. The van der Waals surface area contributed by atoms with Gasteiger partial charge in [0.1, 0.15) is 11.6 Å². The molecule has 0 spiro atoms. The van der Waals surface area contributed by atoms with Crippen LogP contribution < -0.4 is 4.74 Å². The van der Waals surface area contributed by atoms with Crippen molar-refractivity contribution in [1.29, 1.82) is 0 Å². The standard InChI is InChI=1S/C30H26F8O/c1-2-3-24(31)28(35)20-10-6-17(7-11-20)21-12-13-23(25(32)14-21)19-8-4-18(5-9-19)22-15-26(33)29(27(34)16-22)39-30(36,37)38/h6-7,10-16,18-19H,2-5,8-9H2,1H3. The third-order valence-electron chi connectivity index (χ3n) is 7.06. The molecule has 0 aromatic heterocycles. The Morgan fingerprint density at radius 1 is 0.769 bits per heavy atom. The number of hydrogen-bond donors (Lipinski definition) is 0. The third-order valence-corrected chi connectivity index (χ3v) is 7.06. The predicted octanol–water partition coefficient (Wildman–Crippen LogP) is 10.5. The Morgan fingerprint density at radius 3 is 1.87 bits per heavy atom. The second-order valence-electron chi connectivity index (χ2n) is 9.69. The zero-order valence-corrected chi connectivity index (χ0v) is 21.0. The molecule has 9 heteroatoms. The van der Waals surface area contributed by atoms with Crippen molar-refractivity contribution in [1.82, 2.24) is 0 Å². The zero-order valence-electron chi connectivity index (χ0n) is 21.0. The van der Waals surface area contributed by atoms with Crippen LogP contribution in [-0.2, 0) is 0 Å². The zero-order chi connectivity index (χ0) is 28.3. The Kier molecular flexibility index (Phi) is 8.67. The first-order valence-corrected chi connectivity index (χ1v) is 12.7. The van der Waals surface area contributed by atoms with Crippen LogP contribution in [0, 0.1) is 17.5 Å². The van der Waals surface area contributed by atoms with E-state index in [1.54, 1.807) is 31.2 Å². The van der Waals surface area contributed by atoms with Crippen LogP contribution in [0.3, 0.4) is 0 Å². The van der Waals surface area contributed by atoms with E-state index in [0.717, 1.165) is 12.1 Å². The largest absolute Gasteiger partial charge is 0.573 e. The van der Waals surface area contributed by atoms with E-state index in [9.17, 15) is 30.7 Å². The number of ether oxygens (including phenoxy) is 1. The van der Waals surface area contributed by atoms with Gasteiger partial charge in [0.2, 0.25) is 5.75 Å². The molecule has 0 radical (unpaired) electrons. The van der Waals surface area contributed by atoms with Gasteiger partial charge in [-0.15, -0.1) is 13.2 Å². The molecule has 3 aromatic carbocycles. The minimum Gasteiger partial charge on any atom is -0.399 e. The molecule has 0 aliphatic heterocycles. The topological polar surface area (TPSA) is 9.23 Å². The van der Waals surface area contributed by atoms with Crippen molar-refractivity contribution in [3.63, 3.8) is 0 Å². The Morgan fingerprint density at radius 2 is 1.33 bits per heavy atom. The molecule has 0 amide bonds. The van der Waals surface area contributed by atoms with Gasteiger partial charge in [-0.3, -0.25) is 0 Å². The second kappa shape index (κ2) is 11.8. The minimum atomic E-state index is -5.22. The molecule has 39 heavy (non-hydrogen) atoms. The lowest BCUT2D eigenvalue weighted by Crippen LogP contribution is -2.19. The quantitative estimate of drug-likeness (QED) is 0.264. The van der Waals surface area contributed by atoms with Gasteiger partial charge < -0.3 is 4.74 Å². The summed E-state index contributed by atoms with van der Waals surface area (Å²) < 4.78 is 112. The van der Waals surface area contributed by atoms with Crippen molar-refractivity contribution in [2.24, 2.45) is 0 Å². The van der Waals surface area contributed by atoms with Crippen molar-refractivity contribution in [2.75, 3.05) is 0 Å². The molecule has 1 nitrogen and oxygen atoms in total. The van der Waals surface area contributed by atoms with Gasteiger partial charge in [-0.1, -0.05) is 43.3 Å². The summed E-state index contributed by atoms with van der Waals surface area (Å²) in [6, 6.07) is 12.6. The molecule has 0 heterocycles. The van der Waals surface area contributed by atoms with Crippen molar-refractivity contribution in [3.05, 3.63) is 94.6 Å². The van der Waals surface area contributed by atoms with Crippen LogP contribution in [0.2, 0.25) is 0 Å². The first-order chi connectivity index (χ1) is 18.5. The maximum absolute atomic E-state index is 15.1. The van der Waals surface area contributed by atoms with Crippen LogP contribution in [0.25, 0.3) is 17.0 Å². The SMILES string of the molecule is CCCC(F)=C(F)c1ccc(-c2ccc(C3CCC(c4cc(F)c(OC(F)(F)F)c(F)c4)CC3)c(F)c2)cc1. The Balaban J connectivity index is 1.43. The number of benzene rings is 3. The highest BCUT2D eigenvalue weighted by Gasteiger charge is 2.35. The van der Waals surface area contributed by atoms with E-state index < -0.39 is 41.2 Å². The van der Waals surface area contributed by atoms with E-state index in [-0.39, 0.29) is 29.4 Å². The normalized spacial score (nSPS) is 18.6. The lowest BCUT2D eigenvalue weighted by Gasteiger charge is -2.29. The van der Waals surface area contributed by atoms with Gasteiger partial charge in [0.15, 0.2) is 17.5 Å². The number of alkyl halides is 3. The van der Waals surface area contributed by atoms with Crippen molar-refractivity contribution >= 4 is 5.83 Å². The lowest BCUT2D eigenvalue weighted by molar-refractivity contribution is -0.276. The van der Waals surface area contributed by atoms with E-state index in [1.165, 1.54) is 18.2 Å². The number of hydrogen-bond acceptors (Lipinski definition) is 1. The lowest BCUT2D eigenvalue weighted by atomic mass is 9.76. The summed E-state index contributed by atoms with van der Waals surface area (Å²) in [5.74, 6) is -6.90. The van der Waals surface area contributed by atoms with Crippen LogP contribution in [0.5, 0.6) is 5.75 Å². The highest BCUT2D eigenvalue weighted by molar-refractivity contribution is 5.68. The molecule has 0 bridgehead atoms. The molecular weight excluding hydrogens is 528 g/mol. The van der Waals surface area contributed by atoms with Gasteiger partial charge in [-0.2, -0.15) is 0 Å².